The third-order valence-corrected chi connectivity index (χ3v) is 2.71. The van der Waals surface area contributed by atoms with Gasteiger partial charge in [-0.1, -0.05) is 6.07 Å². The fourth-order valence-corrected chi connectivity index (χ4v) is 2.00. The van der Waals surface area contributed by atoms with Crippen LogP contribution in [0.2, 0.25) is 0 Å². The van der Waals surface area contributed by atoms with E-state index >= 15 is 0 Å². The van der Waals surface area contributed by atoms with Crippen LogP contribution in [0.4, 0.5) is 5.82 Å². The average Bonchev–Trinajstić information content (AvgIpc) is 2.17. The number of carbonyl (C=O) groups excluding carboxylic acids is 1. The zero-order valence-corrected chi connectivity index (χ0v) is 8.53. The summed E-state index contributed by atoms with van der Waals surface area (Å²) in [5.74, 6) is 0.927. The first-order valence-corrected chi connectivity index (χ1v) is 4.94. The van der Waals surface area contributed by atoms with Gasteiger partial charge in [0.2, 0.25) is 5.91 Å². The molecule has 0 saturated carbocycles. The van der Waals surface area contributed by atoms with Gasteiger partial charge in [0.15, 0.2) is 0 Å². The molecule has 0 N–H and O–H groups in total. The highest BCUT2D eigenvalue weighted by Gasteiger charge is 2.26. The zero-order chi connectivity index (χ0) is 10.1. The van der Waals surface area contributed by atoms with Crippen molar-refractivity contribution >= 4 is 11.7 Å². The maximum absolute atomic E-state index is 11.5. The van der Waals surface area contributed by atoms with Crippen molar-refractivity contribution in [2.24, 2.45) is 0 Å². The molecule has 3 nitrogen and oxygen atoms in total. The van der Waals surface area contributed by atoms with Crippen LogP contribution in [0.5, 0.6) is 0 Å². The van der Waals surface area contributed by atoms with Crippen molar-refractivity contribution in [3.63, 3.8) is 0 Å². The number of amides is 1. The number of hydrogen-bond acceptors (Lipinski definition) is 2. The minimum Gasteiger partial charge on any atom is -0.294 e. The van der Waals surface area contributed by atoms with Crippen LogP contribution in [0, 0.1) is 0 Å². The van der Waals surface area contributed by atoms with E-state index in [1.165, 1.54) is 5.56 Å². The van der Waals surface area contributed by atoms with Crippen molar-refractivity contribution < 1.29 is 4.79 Å². The number of pyridine rings is 1. The Morgan fingerprint density at radius 2 is 2.43 bits per heavy atom. The number of hydrogen-bond donors (Lipinski definition) is 0. The first-order chi connectivity index (χ1) is 6.70. The van der Waals surface area contributed by atoms with E-state index in [1.54, 1.807) is 18.0 Å². The number of aryl methyl sites for hydroxylation is 1. The highest BCUT2D eigenvalue weighted by Crippen LogP contribution is 2.27. The molecule has 2 rings (SSSR count). The molecule has 1 aliphatic heterocycles. The van der Waals surface area contributed by atoms with E-state index < -0.39 is 0 Å². The van der Waals surface area contributed by atoms with Gasteiger partial charge in [0.05, 0.1) is 0 Å². The minimum atomic E-state index is 0.0807. The normalized spacial score (nSPS) is 20.4. The summed E-state index contributed by atoms with van der Waals surface area (Å²) in [4.78, 5) is 17.5. The Morgan fingerprint density at radius 1 is 1.64 bits per heavy atom. The number of nitrogens with zero attached hydrogens (tertiary/aromatic N) is 2. The van der Waals surface area contributed by atoms with Crippen molar-refractivity contribution in [3.8, 4) is 0 Å². The molecule has 1 aromatic heterocycles. The number of fused-ring (bicyclic) bond motifs is 1. The lowest BCUT2D eigenvalue weighted by Gasteiger charge is -2.33. The molecule has 2 heterocycles. The summed E-state index contributed by atoms with van der Waals surface area (Å²) >= 11 is 0. The predicted octanol–water partition coefficient (Wildman–Crippen LogP) is 1.77. The molecule has 1 atom stereocenters. The summed E-state index contributed by atoms with van der Waals surface area (Å²) in [5, 5.41) is 0. The molecular formula is C11H14N2O. The molecule has 1 aromatic rings. The van der Waals surface area contributed by atoms with E-state index in [0.717, 1.165) is 18.7 Å². The van der Waals surface area contributed by atoms with E-state index in [-0.39, 0.29) is 11.9 Å². The minimum absolute atomic E-state index is 0.0807. The summed E-state index contributed by atoms with van der Waals surface area (Å²) < 4.78 is 0. The van der Waals surface area contributed by atoms with Gasteiger partial charge in [0.1, 0.15) is 5.82 Å². The summed E-state index contributed by atoms with van der Waals surface area (Å²) in [6.07, 6.45) is 3.79. The van der Waals surface area contributed by atoms with E-state index in [4.69, 9.17) is 0 Å². The highest BCUT2D eigenvalue weighted by atomic mass is 16.2. The van der Waals surface area contributed by atoms with E-state index in [2.05, 4.69) is 11.9 Å². The van der Waals surface area contributed by atoms with Crippen LogP contribution in [0.1, 0.15) is 25.8 Å². The van der Waals surface area contributed by atoms with E-state index in [9.17, 15) is 4.79 Å². The maximum atomic E-state index is 11.5. The lowest BCUT2D eigenvalue weighted by molar-refractivity contribution is -0.117. The lowest BCUT2D eigenvalue weighted by Crippen LogP contribution is -2.41. The standard InChI is InChI=1S/C11H14N2O/c1-8-5-6-10-4-3-7-12-11(10)13(8)9(2)14/h3-4,7-8H,5-6H2,1-2H3. The Kier molecular flexibility index (Phi) is 2.23. The SMILES string of the molecule is CC(=O)N1c2ncccc2CCC1C. The first-order valence-electron chi connectivity index (χ1n) is 4.94. The maximum Gasteiger partial charge on any atom is 0.225 e. The number of aromatic nitrogens is 1. The lowest BCUT2D eigenvalue weighted by atomic mass is 10.00. The molecule has 0 radical (unpaired) electrons. The van der Waals surface area contributed by atoms with Crippen LogP contribution in [0.25, 0.3) is 0 Å². The molecule has 0 bridgehead atoms. The van der Waals surface area contributed by atoms with Crippen molar-refractivity contribution in [2.75, 3.05) is 4.90 Å². The first kappa shape index (κ1) is 9.19. The molecule has 0 fully saturated rings. The zero-order valence-electron chi connectivity index (χ0n) is 8.53. The molecule has 0 aliphatic carbocycles. The summed E-state index contributed by atoms with van der Waals surface area (Å²) in [6, 6.07) is 4.24. The quantitative estimate of drug-likeness (QED) is 0.624. The molecule has 14 heavy (non-hydrogen) atoms. The van der Waals surface area contributed by atoms with Crippen molar-refractivity contribution in [1.29, 1.82) is 0 Å². The topological polar surface area (TPSA) is 33.2 Å². The van der Waals surface area contributed by atoms with Gasteiger partial charge in [-0.3, -0.25) is 9.69 Å². The number of carbonyl (C=O) groups is 1. The molecule has 1 amide bonds. The van der Waals surface area contributed by atoms with Gasteiger partial charge in [-0.25, -0.2) is 4.98 Å². The van der Waals surface area contributed by atoms with Gasteiger partial charge in [-0.15, -0.1) is 0 Å². The number of rotatable bonds is 0. The Hall–Kier alpha value is -1.38. The number of anilines is 1. The van der Waals surface area contributed by atoms with Crippen LogP contribution in [0.15, 0.2) is 18.3 Å². The van der Waals surface area contributed by atoms with Crippen molar-refractivity contribution in [3.05, 3.63) is 23.9 Å². The third kappa shape index (κ3) is 1.39. The van der Waals surface area contributed by atoms with Gasteiger partial charge in [0.25, 0.3) is 0 Å². The second kappa shape index (κ2) is 3.40. The largest absolute Gasteiger partial charge is 0.294 e. The smallest absolute Gasteiger partial charge is 0.225 e. The van der Waals surface area contributed by atoms with Crippen LogP contribution < -0.4 is 4.90 Å². The molecule has 0 aromatic carbocycles. The Bertz CT molecular complexity index is 362. The Labute approximate surface area is 83.8 Å². The molecule has 1 aliphatic rings. The van der Waals surface area contributed by atoms with Gasteiger partial charge in [-0.2, -0.15) is 0 Å². The molecular weight excluding hydrogens is 176 g/mol. The predicted molar refractivity (Wildman–Crippen MR) is 55.2 cm³/mol. The molecule has 1 unspecified atom stereocenters. The van der Waals surface area contributed by atoms with Crippen LogP contribution in [0.3, 0.4) is 0 Å². The van der Waals surface area contributed by atoms with Crippen LogP contribution in [-0.4, -0.2) is 16.9 Å². The van der Waals surface area contributed by atoms with E-state index in [1.807, 2.05) is 12.1 Å². The van der Waals surface area contributed by atoms with Gasteiger partial charge in [0, 0.05) is 19.2 Å². The second-order valence-electron chi connectivity index (χ2n) is 3.76. The third-order valence-electron chi connectivity index (χ3n) is 2.71. The molecule has 74 valence electrons. The second-order valence-corrected chi connectivity index (χ2v) is 3.76. The van der Waals surface area contributed by atoms with Crippen LogP contribution in [-0.2, 0) is 11.2 Å². The van der Waals surface area contributed by atoms with Gasteiger partial charge < -0.3 is 0 Å². The molecule has 3 heteroatoms. The average molecular weight is 190 g/mol. The summed E-state index contributed by atoms with van der Waals surface area (Å²) in [7, 11) is 0. The summed E-state index contributed by atoms with van der Waals surface area (Å²) in [5.41, 5.74) is 1.18. The van der Waals surface area contributed by atoms with Crippen molar-refractivity contribution in [1.82, 2.24) is 4.98 Å². The van der Waals surface area contributed by atoms with E-state index in [0.29, 0.717) is 0 Å². The van der Waals surface area contributed by atoms with Crippen LogP contribution >= 0.6 is 0 Å². The highest BCUT2D eigenvalue weighted by molar-refractivity contribution is 5.92. The molecule has 0 saturated heterocycles. The summed E-state index contributed by atoms with van der Waals surface area (Å²) in [6.45, 7) is 3.67. The Balaban J connectivity index is 2.46. The van der Waals surface area contributed by atoms with Gasteiger partial charge >= 0.3 is 0 Å². The Morgan fingerprint density at radius 3 is 3.14 bits per heavy atom. The van der Waals surface area contributed by atoms with Crippen molar-refractivity contribution in [2.45, 2.75) is 32.7 Å². The van der Waals surface area contributed by atoms with Gasteiger partial charge in [-0.05, 0) is 31.4 Å². The molecule has 0 spiro atoms. The monoisotopic (exact) mass is 190 g/mol. The fourth-order valence-electron chi connectivity index (χ4n) is 2.00. The fraction of sp³-hybridized carbons (Fsp3) is 0.455.